The molecule has 1 aromatic heterocycles. The zero-order valence-electron chi connectivity index (χ0n) is 13.5. The fourth-order valence-electron chi connectivity index (χ4n) is 2.50. The number of nitrogens with one attached hydrogen (secondary N) is 2. The maximum absolute atomic E-state index is 13.6. The van der Waals surface area contributed by atoms with E-state index in [1.165, 1.54) is 12.1 Å². The summed E-state index contributed by atoms with van der Waals surface area (Å²) in [7, 11) is 1.59. The highest BCUT2D eigenvalue weighted by Crippen LogP contribution is 2.24. The van der Waals surface area contributed by atoms with Gasteiger partial charge in [0.2, 0.25) is 5.95 Å². The molecule has 130 valence electrons. The number of aromatic nitrogens is 2. The third-order valence-electron chi connectivity index (χ3n) is 3.73. The van der Waals surface area contributed by atoms with Gasteiger partial charge in [0.1, 0.15) is 5.82 Å². The van der Waals surface area contributed by atoms with E-state index in [0.717, 1.165) is 0 Å². The Balaban J connectivity index is 1.93. The summed E-state index contributed by atoms with van der Waals surface area (Å²) in [6.45, 7) is 0.954. The van der Waals surface area contributed by atoms with Gasteiger partial charge in [-0.1, -0.05) is 0 Å². The highest BCUT2D eigenvalue weighted by Gasteiger charge is 2.12. The van der Waals surface area contributed by atoms with Crippen LogP contribution in [-0.2, 0) is 11.3 Å². The Bertz CT molecular complexity index is 893. The van der Waals surface area contributed by atoms with Gasteiger partial charge in [0.05, 0.1) is 17.6 Å². The number of carbonyl (C=O) groups is 1. The molecule has 3 rings (SSSR count). The zero-order valence-corrected chi connectivity index (χ0v) is 13.5. The molecule has 0 aliphatic carbocycles. The standard InChI is InChI=1S/C17H17FN4O3/c1-25-9-8-22-15-10-12(18)4-7-14(15)20-17(22)19-13-5-2-11(3-6-13)16(23)21-24/h2-7,10,24H,8-9H2,1H3,(H,19,20)(H,21,23). The molecular weight excluding hydrogens is 327 g/mol. The number of fused-ring (bicyclic) bond motifs is 1. The average Bonchev–Trinajstić information content (AvgIpc) is 2.96. The largest absolute Gasteiger partial charge is 0.383 e. The number of ether oxygens (including phenoxy) is 1. The Hall–Kier alpha value is -2.97. The minimum Gasteiger partial charge on any atom is -0.383 e. The number of imidazole rings is 1. The van der Waals surface area contributed by atoms with Crippen LogP contribution in [0.5, 0.6) is 0 Å². The van der Waals surface area contributed by atoms with Crippen LogP contribution in [0.25, 0.3) is 11.0 Å². The lowest BCUT2D eigenvalue weighted by Crippen LogP contribution is -2.18. The molecule has 0 bridgehead atoms. The van der Waals surface area contributed by atoms with Gasteiger partial charge >= 0.3 is 0 Å². The van der Waals surface area contributed by atoms with Gasteiger partial charge in [0.15, 0.2) is 0 Å². The summed E-state index contributed by atoms with van der Waals surface area (Å²) in [5, 5.41) is 11.8. The molecule has 0 fully saturated rings. The van der Waals surface area contributed by atoms with Crippen molar-refractivity contribution < 1.29 is 19.1 Å². The first-order chi connectivity index (χ1) is 12.1. The Kier molecular flexibility index (Phi) is 4.92. The van der Waals surface area contributed by atoms with Crippen molar-refractivity contribution in [3.8, 4) is 0 Å². The van der Waals surface area contributed by atoms with Crippen LogP contribution >= 0.6 is 0 Å². The first kappa shape index (κ1) is 16.9. The lowest BCUT2D eigenvalue weighted by Gasteiger charge is -2.11. The van der Waals surface area contributed by atoms with Crippen molar-refractivity contribution in [1.29, 1.82) is 0 Å². The highest BCUT2D eigenvalue weighted by molar-refractivity contribution is 5.93. The Morgan fingerprint density at radius 2 is 2.04 bits per heavy atom. The molecule has 7 nitrogen and oxygen atoms in total. The van der Waals surface area contributed by atoms with E-state index >= 15 is 0 Å². The van der Waals surface area contributed by atoms with Gasteiger partial charge in [-0.2, -0.15) is 0 Å². The van der Waals surface area contributed by atoms with Crippen LogP contribution < -0.4 is 10.8 Å². The van der Waals surface area contributed by atoms with E-state index in [9.17, 15) is 9.18 Å². The molecule has 0 aliphatic heterocycles. The van der Waals surface area contributed by atoms with Gasteiger partial charge < -0.3 is 14.6 Å². The van der Waals surface area contributed by atoms with Gasteiger partial charge in [0.25, 0.3) is 5.91 Å². The molecule has 1 heterocycles. The van der Waals surface area contributed by atoms with Crippen LogP contribution in [0, 0.1) is 5.82 Å². The molecule has 3 N–H and O–H groups in total. The number of hydrogen-bond donors (Lipinski definition) is 3. The Morgan fingerprint density at radius 3 is 2.72 bits per heavy atom. The van der Waals surface area contributed by atoms with Crippen molar-refractivity contribution in [3.05, 3.63) is 53.8 Å². The Morgan fingerprint density at radius 1 is 1.28 bits per heavy atom. The number of carbonyl (C=O) groups excluding carboxylic acids is 1. The van der Waals surface area contributed by atoms with E-state index in [4.69, 9.17) is 9.94 Å². The molecule has 0 atom stereocenters. The predicted octanol–water partition coefficient (Wildman–Crippen LogP) is 2.68. The topological polar surface area (TPSA) is 88.4 Å². The lowest BCUT2D eigenvalue weighted by molar-refractivity contribution is 0.0706. The van der Waals surface area contributed by atoms with E-state index in [-0.39, 0.29) is 5.82 Å². The van der Waals surface area contributed by atoms with Crippen molar-refractivity contribution in [1.82, 2.24) is 15.0 Å². The smallest absolute Gasteiger partial charge is 0.274 e. The fraction of sp³-hybridized carbons (Fsp3) is 0.176. The van der Waals surface area contributed by atoms with Crippen molar-refractivity contribution in [3.63, 3.8) is 0 Å². The maximum Gasteiger partial charge on any atom is 0.274 e. The molecule has 0 unspecified atom stereocenters. The quantitative estimate of drug-likeness (QED) is 0.473. The third-order valence-corrected chi connectivity index (χ3v) is 3.73. The summed E-state index contributed by atoms with van der Waals surface area (Å²) in [4.78, 5) is 15.8. The number of methoxy groups -OCH3 is 1. The van der Waals surface area contributed by atoms with E-state index in [2.05, 4.69) is 10.3 Å². The van der Waals surface area contributed by atoms with Crippen LogP contribution in [0.3, 0.4) is 0 Å². The normalized spacial score (nSPS) is 10.8. The van der Waals surface area contributed by atoms with Crippen LogP contribution in [0.2, 0.25) is 0 Å². The summed E-state index contributed by atoms with van der Waals surface area (Å²) < 4.78 is 20.5. The van der Waals surface area contributed by atoms with Crippen molar-refractivity contribution in [2.24, 2.45) is 0 Å². The second-order valence-corrected chi connectivity index (χ2v) is 5.36. The summed E-state index contributed by atoms with van der Waals surface area (Å²) in [6.07, 6.45) is 0. The van der Waals surface area contributed by atoms with Gasteiger partial charge in [-0.15, -0.1) is 0 Å². The van der Waals surface area contributed by atoms with Crippen molar-refractivity contribution >= 4 is 28.6 Å². The third kappa shape index (κ3) is 3.59. The van der Waals surface area contributed by atoms with Gasteiger partial charge in [0, 0.05) is 24.9 Å². The number of hydrogen-bond acceptors (Lipinski definition) is 5. The van der Waals surface area contributed by atoms with Gasteiger partial charge in [-0.3, -0.25) is 10.0 Å². The van der Waals surface area contributed by atoms with Crippen molar-refractivity contribution in [2.45, 2.75) is 6.54 Å². The van der Waals surface area contributed by atoms with Crippen LogP contribution in [0.15, 0.2) is 42.5 Å². The predicted molar refractivity (Wildman–Crippen MR) is 90.5 cm³/mol. The van der Waals surface area contributed by atoms with Crippen LogP contribution in [0.1, 0.15) is 10.4 Å². The van der Waals surface area contributed by atoms with Gasteiger partial charge in [-0.05, 0) is 42.5 Å². The summed E-state index contributed by atoms with van der Waals surface area (Å²) in [5.41, 5.74) is 3.93. The van der Waals surface area contributed by atoms with Crippen molar-refractivity contribution in [2.75, 3.05) is 19.0 Å². The SMILES string of the molecule is COCCn1c(Nc2ccc(C(=O)NO)cc2)nc2ccc(F)cc21. The number of anilines is 2. The molecule has 2 aromatic carbocycles. The number of amides is 1. The number of nitrogens with zero attached hydrogens (tertiary/aromatic N) is 2. The summed E-state index contributed by atoms with van der Waals surface area (Å²) in [5.74, 6) is -0.386. The zero-order chi connectivity index (χ0) is 17.8. The number of rotatable bonds is 6. The number of benzene rings is 2. The second-order valence-electron chi connectivity index (χ2n) is 5.36. The molecule has 1 amide bonds. The number of halogens is 1. The maximum atomic E-state index is 13.6. The molecule has 0 spiro atoms. The minimum absolute atomic E-state index is 0.322. The minimum atomic E-state index is -0.589. The molecule has 0 radical (unpaired) electrons. The molecule has 0 saturated carbocycles. The summed E-state index contributed by atoms with van der Waals surface area (Å²) in [6, 6.07) is 10.9. The first-order valence-electron chi connectivity index (χ1n) is 7.58. The number of hydroxylamine groups is 1. The van der Waals surface area contributed by atoms with Crippen LogP contribution in [0.4, 0.5) is 16.0 Å². The van der Waals surface area contributed by atoms with Crippen LogP contribution in [-0.4, -0.2) is 34.4 Å². The van der Waals surface area contributed by atoms with Gasteiger partial charge in [-0.25, -0.2) is 14.9 Å². The first-order valence-corrected chi connectivity index (χ1v) is 7.58. The average molecular weight is 344 g/mol. The summed E-state index contributed by atoms with van der Waals surface area (Å²) >= 11 is 0. The Labute approximate surface area is 143 Å². The van der Waals surface area contributed by atoms with E-state index in [0.29, 0.717) is 41.4 Å². The molecule has 0 aliphatic rings. The highest BCUT2D eigenvalue weighted by atomic mass is 19.1. The molecular formula is C17H17FN4O3. The van der Waals surface area contributed by atoms with E-state index in [1.807, 2.05) is 4.57 Å². The van der Waals surface area contributed by atoms with E-state index < -0.39 is 5.91 Å². The molecule has 3 aromatic rings. The lowest BCUT2D eigenvalue weighted by atomic mass is 10.2. The van der Waals surface area contributed by atoms with E-state index in [1.54, 1.807) is 42.9 Å². The monoisotopic (exact) mass is 344 g/mol. The molecule has 25 heavy (non-hydrogen) atoms. The molecule has 8 heteroatoms. The molecule has 0 saturated heterocycles. The second kappa shape index (κ2) is 7.29. The fourth-order valence-corrected chi connectivity index (χ4v) is 2.50.